The van der Waals surface area contributed by atoms with E-state index < -0.39 is 0 Å². The largest absolute Gasteiger partial charge is 0.492 e. The van der Waals surface area contributed by atoms with Crippen molar-refractivity contribution in [2.24, 2.45) is 0 Å². The fourth-order valence-corrected chi connectivity index (χ4v) is 2.83. The molecule has 2 N–H and O–H groups in total. The van der Waals surface area contributed by atoms with Gasteiger partial charge in [0, 0.05) is 19.6 Å². The van der Waals surface area contributed by atoms with Gasteiger partial charge in [-0.2, -0.15) is 0 Å². The molecule has 0 radical (unpaired) electrons. The maximum Gasteiger partial charge on any atom is 0.407 e. The molecule has 0 aliphatic carbocycles. The van der Waals surface area contributed by atoms with Gasteiger partial charge in [-0.05, 0) is 42.5 Å². The number of carbonyl (C=O) groups is 2. The third-order valence-electron chi connectivity index (χ3n) is 4.58. The van der Waals surface area contributed by atoms with Crippen molar-refractivity contribution >= 4 is 12.1 Å². The van der Waals surface area contributed by atoms with Gasteiger partial charge in [0.25, 0.3) is 0 Å². The van der Waals surface area contributed by atoms with E-state index in [-0.39, 0.29) is 18.7 Å². The molecule has 7 nitrogen and oxygen atoms in total. The van der Waals surface area contributed by atoms with Crippen molar-refractivity contribution in [1.82, 2.24) is 10.6 Å². The Kier molecular flexibility index (Phi) is 11.6. The van der Waals surface area contributed by atoms with Gasteiger partial charge in [0.05, 0.1) is 13.5 Å². The highest BCUT2D eigenvalue weighted by Gasteiger charge is 2.02. The quantitative estimate of drug-likeness (QED) is 0.354. The number of rotatable bonds is 14. The van der Waals surface area contributed by atoms with E-state index in [9.17, 15) is 9.59 Å². The Morgan fingerprint density at radius 3 is 2.39 bits per heavy atom. The lowest BCUT2D eigenvalue weighted by molar-refractivity contribution is -0.140. The Labute approximate surface area is 184 Å². The van der Waals surface area contributed by atoms with Crippen molar-refractivity contribution in [1.29, 1.82) is 0 Å². The minimum atomic E-state index is -0.384. The average Bonchev–Trinajstić information content (AvgIpc) is 2.81. The molecule has 0 spiro atoms. The van der Waals surface area contributed by atoms with Gasteiger partial charge >= 0.3 is 12.1 Å². The van der Waals surface area contributed by atoms with Crippen LogP contribution >= 0.6 is 0 Å². The molecular weight excluding hydrogens is 396 g/mol. The lowest BCUT2D eigenvalue weighted by Gasteiger charge is -2.09. The first-order valence-corrected chi connectivity index (χ1v) is 10.6. The first-order valence-electron chi connectivity index (χ1n) is 10.6. The number of unbranched alkanes of at least 4 members (excludes halogenated alkanes) is 1. The van der Waals surface area contributed by atoms with E-state index in [0.29, 0.717) is 32.7 Å². The molecule has 0 heterocycles. The number of amides is 1. The van der Waals surface area contributed by atoms with E-state index in [1.54, 1.807) is 0 Å². The second kappa shape index (κ2) is 14.8. The summed E-state index contributed by atoms with van der Waals surface area (Å²) in [6.07, 6.45) is 2.77. The monoisotopic (exact) mass is 428 g/mol. The van der Waals surface area contributed by atoms with Gasteiger partial charge in [-0.25, -0.2) is 4.79 Å². The van der Waals surface area contributed by atoms with Crippen LogP contribution in [0.4, 0.5) is 4.79 Å². The summed E-state index contributed by atoms with van der Waals surface area (Å²) in [5.41, 5.74) is 2.20. The Balaban J connectivity index is 1.49. The van der Waals surface area contributed by atoms with Crippen LogP contribution in [-0.4, -0.2) is 45.4 Å². The molecule has 0 bridgehead atoms. The van der Waals surface area contributed by atoms with Gasteiger partial charge in [-0.15, -0.1) is 0 Å². The number of alkyl carbamates (subject to hydrolysis) is 1. The summed E-state index contributed by atoms with van der Waals surface area (Å²) in [7, 11) is 1.39. The van der Waals surface area contributed by atoms with Crippen molar-refractivity contribution in [3.05, 3.63) is 65.7 Å². The van der Waals surface area contributed by atoms with E-state index in [2.05, 4.69) is 27.5 Å². The Bertz CT molecular complexity index is 765. The molecule has 0 fully saturated rings. The van der Waals surface area contributed by atoms with E-state index in [0.717, 1.165) is 30.6 Å². The van der Waals surface area contributed by atoms with Gasteiger partial charge in [0.2, 0.25) is 0 Å². The predicted octanol–water partition coefficient (Wildman–Crippen LogP) is 3.47. The van der Waals surface area contributed by atoms with Crippen LogP contribution in [0.1, 0.15) is 30.4 Å². The van der Waals surface area contributed by atoms with E-state index >= 15 is 0 Å². The number of methoxy groups -OCH3 is 1. The van der Waals surface area contributed by atoms with Crippen molar-refractivity contribution in [3.63, 3.8) is 0 Å². The second-order valence-corrected chi connectivity index (χ2v) is 7.01. The third kappa shape index (κ3) is 11.1. The van der Waals surface area contributed by atoms with Crippen LogP contribution in [-0.2, 0) is 27.3 Å². The Hall–Kier alpha value is -3.06. The van der Waals surface area contributed by atoms with Gasteiger partial charge in [-0.3, -0.25) is 4.79 Å². The number of aryl methyl sites for hydroxylation is 1. The number of esters is 1. The summed E-state index contributed by atoms with van der Waals surface area (Å²) in [6, 6.07) is 17.7. The molecule has 168 valence electrons. The van der Waals surface area contributed by atoms with Crippen LogP contribution in [0.2, 0.25) is 0 Å². The molecule has 0 aliphatic heterocycles. The molecule has 2 aromatic rings. The lowest BCUT2D eigenvalue weighted by Crippen LogP contribution is -2.25. The van der Waals surface area contributed by atoms with Crippen LogP contribution in [0, 0.1) is 0 Å². The maximum absolute atomic E-state index is 11.7. The number of hydrogen-bond donors (Lipinski definition) is 2. The highest BCUT2D eigenvalue weighted by atomic mass is 16.5. The van der Waals surface area contributed by atoms with Crippen LogP contribution < -0.4 is 15.4 Å². The minimum absolute atomic E-state index is 0.220. The van der Waals surface area contributed by atoms with Gasteiger partial charge in [0.1, 0.15) is 19.0 Å². The predicted molar refractivity (Wildman–Crippen MR) is 119 cm³/mol. The second-order valence-electron chi connectivity index (χ2n) is 7.01. The third-order valence-corrected chi connectivity index (χ3v) is 4.58. The van der Waals surface area contributed by atoms with E-state index in [1.807, 2.05) is 42.5 Å². The van der Waals surface area contributed by atoms with Crippen molar-refractivity contribution in [2.45, 2.75) is 32.3 Å². The number of benzene rings is 2. The number of carbonyl (C=O) groups excluding carboxylic acids is 2. The molecule has 0 aliphatic rings. The Morgan fingerprint density at radius 1 is 0.871 bits per heavy atom. The number of nitrogens with one attached hydrogen (secondary N) is 2. The standard InChI is InChI=1S/C24H32N2O5/c1-29-23(27)14-16-25-17-18-30-22-12-10-20(11-13-22)7-5-6-15-26-24(28)31-19-21-8-3-2-4-9-21/h2-4,8-13,25H,5-7,14-19H2,1H3,(H,26,28). The molecule has 2 aromatic carbocycles. The summed E-state index contributed by atoms with van der Waals surface area (Å²) < 4.78 is 15.4. The van der Waals surface area contributed by atoms with Gasteiger partial charge < -0.3 is 24.8 Å². The summed E-state index contributed by atoms with van der Waals surface area (Å²) >= 11 is 0. The molecule has 0 unspecified atom stereocenters. The van der Waals surface area contributed by atoms with Crippen molar-refractivity contribution < 1.29 is 23.8 Å². The number of hydrogen-bond acceptors (Lipinski definition) is 6. The first kappa shape index (κ1) is 24.2. The Morgan fingerprint density at radius 2 is 1.65 bits per heavy atom. The van der Waals surface area contributed by atoms with Crippen LogP contribution in [0.3, 0.4) is 0 Å². The highest BCUT2D eigenvalue weighted by Crippen LogP contribution is 2.13. The summed E-state index contributed by atoms with van der Waals surface area (Å²) in [5.74, 6) is 0.601. The minimum Gasteiger partial charge on any atom is -0.492 e. The molecule has 7 heteroatoms. The van der Waals surface area contributed by atoms with Gasteiger partial charge in [-0.1, -0.05) is 42.5 Å². The van der Waals surface area contributed by atoms with E-state index in [4.69, 9.17) is 9.47 Å². The SMILES string of the molecule is COC(=O)CCNCCOc1ccc(CCCCNC(=O)OCc2ccccc2)cc1. The fraction of sp³-hybridized carbons (Fsp3) is 0.417. The smallest absolute Gasteiger partial charge is 0.407 e. The maximum atomic E-state index is 11.7. The fourth-order valence-electron chi connectivity index (χ4n) is 2.83. The summed E-state index contributed by atoms with van der Waals surface area (Å²) in [5, 5.41) is 5.91. The molecule has 2 rings (SSSR count). The van der Waals surface area contributed by atoms with Crippen LogP contribution in [0.15, 0.2) is 54.6 Å². The van der Waals surface area contributed by atoms with Crippen molar-refractivity contribution in [3.8, 4) is 5.75 Å². The average molecular weight is 429 g/mol. The summed E-state index contributed by atoms with van der Waals surface area (Å²) in [4.78, 5) is 22.7. The molecule has 0 saturated carbocycles. The normalized spacial score (nSPS) is 10.4. The van der Waals surface area contributed by atoms with Crippen LogP contribution in [0.25, 0.3) is 0 Å². The van der Waals surface area contributed by atoms with Crippen molar-refractivity contribution in [2.75, 3.05) is 33.4 Å². The first-order chi connectivity index (χ1) is 15.2. The zero-order chi connectivity index (χ0) is 22.2. The number of ether oxygens (including phenoxy) is 3. The molecular formula is C24H32N2O5. The van der Waals surface area contributed by atoms with Gasteiger partial charge in [0.15, 0.2) is 0 Å². The van der Waals surface area contributed by atoms with E-state index in [1.165, 1.54) is 12.7 Å². The molecule has 0 aromatic heterocycles. The molecule has 1 amide bonds. The van der Waals surface area contributed by atoms with Crippen LogP contribution in [0.5, 0.6) is 5.75 Å². The molecule has 0 saturated heterocycles. The zero-order valence-corrected chi connectivity index (χ0v) is 18.1. The zero-order valence-electron chi connectivity index (χ0n) is 18.1. The topological polar surface area (TPSA) is 85.9 Å². The molecule has 0 atom stereocenters. The highest BCUT2D eigenvalue weighted by molar-refractivity contribution is 5.69. The summed E-state index contributed by atoms with van der Waals surface area (Å²) in [6.45, 7) is 2.66. The lowest BCUT2D eigenvalue weighted by atomic mass is 10.1. The molecule has 31 heavy (non-hydrogen) atoms.